The smallest absolute Gasteiger partial charge is 0.130 e. The van der Waals surface area contributed by atoms with E-state index in [1.165, 1.54) is 6.20 Å². The molecule has 1 aliphatic carbocycles. The van der Waals surface area contributed by atoms with Crippen molar-refractivity contribution in [2.75, 3.05) is 13.1 Å². The number of nitrogens with two attached hydrogens (primary N) is 2. The summed E-state index contributed by atoms with van der Waals surface area (Å²) in [6, 6.07) is 0.214. The predicted octanol–water partition coefficient (Wildman–Crippen LogP) is 1.55. The van der Waals surface area contributed by atoms with Crippen LogP contribution in [0.25, 0.3) is 0 Å². The van der Waals surface area contributed by atoms with E-state index in [1.54, 1.807) is 12.7 Å². The summed E-state index contributed by atoms with van der Waals surface area (Å²) in [5.41, 5.74) is 11.3. The van der Waals surface area contributed by atoms with E-state index in [4.69, 9.17) is 16.3 Å². The second-order valence-corrected chi connectivity index (χ2v) is 7.54. The SMILES string of the molecule is C=C/N=C(\C=C(/N)C(=C)C1=CC(OC(C)C)=CC[C@H]1NN)N1CC(n2cnnc2)C1. The van der Waals surface area contributed by atoms with E-state index in [1.807, 2.05) is 36.6 Å². The molecule has 1 saturated heterocycles. The van der Waals surface area contributed by atoms with Gasteiger partial charge in [0, 0.05) is 31.1 Å². The number of nitrogens with zero attached hydrogens (tertiary/aromatic N) is 5. The third kappa shape index (κ3) is 4.87. The lowest BCUT2D eigenvalue weighted by Gasteiger charge is -2.41. The predicted molar refractivity (Wildman–Crippen MR) is 118 cm³/mol. The van der Waals surface area contributed by atoms with E-state index in [0.29, 0.717) is 23.7 Å². The zero-order chi connectivity index (χ0) is 21.7. The first-order valence-corrected chi connectivity index (χ1v) is 9.92. The van der Waals surface area contributed by atoms with E-state index < -0.39 is 0 Å². The second-order valence-electron chi connectivity index (χ2n) is 7.54. The zero-order valence-corrected chi connectivity index (χ0v) is 17.5. The summed E-state index contributed by atoms with van der Waals surface area (Å²) in [6.07, 6.45) is 11.5. The molecule has 1 aromatic rings. The minimum atomic E-state index is -0.0918. The maximum atomic E-state index is 6.41. The van der Waals surface area contributed by atoms with Gasteiger partial charge in [-0.3, -0.25) is 11.3 Å². The Hall–Kier alpha value is -3.17. The fourth-order valence-electron chi connectivity index (χ4n) is 3.41. The first-order chi connectivity index (χ1) is 14.4. The molecule has 3 rings (SSSR count). The van der Waals surface area contributed by atoms with Crippen LogP contribution < -0.4 is 17.0 Å². The van der Waals surface area contributed by atoms with Gasteiger partial charge in [-0.2, -0.15) is 0 Å². The van der Waals surface area contributed by atoms with Gasteiger partial charge in [-0.15, -0.1) is 10.2 Å². The first kappa shape index (κ1) is 21.5. The summed E-state index contributed by atoms with van der Waals surface area (Å²) in [7, 11) is 0. The van der Waals surface area contributed by atoms with Gasteiger partial charge >= 0.3 is 0 Å². The van der Waals surface area contributed by atoms with Crippen LogP contribution in [-0.2, 0) is 4.74 Å². The maximum Gasteiger partial charge on any atom is 0.130 e. The van der Waals surface area contributed by atoms with Crippen molar-refractivity contribution in [3.05, 3.63) is 72.8 Å². The van der Waals surface area contributed by atoms with Crippen LogP contribution in [0, 0.1) is 0 Å². The molecule has 0 amide bonds. The van der Waals surface area contributed by atoms with Crippen molar-refractivity contribution in [3.63, 3.8) is 0 Å². The molecule has 0 radical (unpaired) electrons. The number of nitrogens with one attached hydrogen (secondary N) is 1. The van der Waals surface area contributed by atoms with Crippen LogP contribution in [0.5, 0.6) is 0 Å². The standard InChI is InChI=1S/C21H30N8O/c1-5-24-21(28-10-16(11-28)29-12-25-26-13-29)9-19(22)15(4)18-8-17(30-14(2)3)6-7-20(18)27-23/h5-6,8-9,12-14,16,20,27H,1,4,7,10-11,22-23H2,2-3H3/b19-9-,24-21+/t20-/m1/s1. The van der Waals surface area contributed by atoms with Gasteiger partial charge in [0.05, 0.1) is 18.2 Å². The van der Waals surface area contributed by atoms with Gasteiger partial charge in [-0.05, 0) is 43.6 Å². The van der Waals surface area contributed by atoms with Gasteiger partial charge in [0.1, 0.15) is 24.2 Å². The summed E-state index contributed by atoms with van der Waals surface area (Å²) in [6.45, 7) is 13.5. The number of likely N-dealkylation sites (tertiary alicyclic amines) is 1. The van der Waals surface area contributed by atoms with Crippen LogP contribution in [0.1, 0.15) is 26.3 Å². The van der Waals surface area contributed by atoms with Gasteiger partial charge in [0.2, 0.25) is 0 Å². The van der Waals surface area contributed by atoms with Crippen molar-refractivity contribution in [1.29, 1.82) is 0 Å². The Kier molecular flexibility index (Phi) is 6.86. The summed E-state index contributed by atoms with van der Waals surface area (Å²) in [4.78, 5) is 6.51. The van der Waals surface area contributed by atoms with Crippen molar-refractivity contribution >= 4 is 5.84 Å². The molecule has 0 bridgehead atoms. The number of ether oxygens (including phenoxy) is 1. The third-order valence-corrected chi connectivity index (χ3v) is 5.05. The molecule has 1 aromatic heterocycles. The molecule has 0 unspecified atom stereocenters. The van der Waals surface area contributed by atoms with Crippen LogP contribution in [0.3, 0.4) is 0 Å². The Morgan fingerprint density at radius 1 is 1.37 bits per heavy atom. The number of amidine groups is 1. The molecule has 9 nitrogen and oxygen atoms in total. The van der Waals surface area contributed by atoms with Crippen LogP contribution in [-0.4, -0.2) is 50.7 Å². The second kappa shape index (κ2) is 9.55. The van der Waals surface area contributed by atoms with Gasteiger partial charge in [-0.1, -0.05) is 13.2 Å². The molecule has 2 heterocycles. The quantitative estimate of drug-likeness (QED) is 0.195. The molecule has 9 heteroatoms. The van der Waals surface area contributed by atoms with E-state index in [-0.39, 0.29) is 12.1 Å². The average molecular weight is 411 g/mol. The molecular formula is C21H30N8O. The molecule has 160 valence electrons. The highest BCUT2D eigenvalue weighted by Gasteiger charge is 2.30. The number of aromatic nitrogens is 3. The first-order valence-electron chi connectivity index (χ1n) is 9.92. The topological polar surface area (TPSA) is 120 Å². The Bertz CT molecular complexity index is 888. The number of hydrogen-bond donors (Lipinski definition) is 3. The summed E-state index contributed by atoms with van der Waals surface area (Å²) >= 11 is 0. The Balaban J connectivity index is 1.75. The highest BCUT2D eigenvalue weighted by Crippen LogP contribution is 2.28. The molecule has 1 atom stereocenters. The molecular weight excluding hydrogens is 380 g/mol. The largest absolute Gasteiger partial charge is 0.491 e. The Morgan fingerprint density at radius 3 is 2.67 bits per heavy atom. The molecule has 0 spiro atoms. The molecule has 0 saturated carbocycles. The summed E-state index contributed by atoms with van der Waals surface area (Å²) in [5, 5.41) is 7.72. The van der Waals surface area contributed by atoms with Crippen molar-refractivity contribution in [1.82, 2.24) is 25.1 Å². The number of aliphatic imine (C=N–C) groups is 1. The molecule has 30 heavy (non-hydrogen) atoms. The number of hydrogen-bond acceptors (Lipinski definition) is 7. The van der Waals surface area contributed by atoms with Crippen molar-refractivity contribution in [2.45, 2.75) is 38.5 Å². The lowest BCUT2D eigenvalue weighted by atomic mass is 9.91. The lowest BCUT2D eigenvalue weighted by molar-refractivity contribution is 0.155. The number of allylic oxidation sites excluding steroid dienone is 2. The molecule has 5 N–H and O–H groups in total. The number of rotatable bonds is 8. The lowest BCUT2D eigenvalue weighted by Crippen LogP contribution is -2.50. The minimum Gasteiger partial charge on any atom is -0.491 e. The van der Waals surface area contributed by atoms with E-state index in [0.717, 1.165) is 30.3 Å². The van der Waals surface area contributed by atoms with Crippen molar-refractivity contribution in [2.24, 2.45) is 16.6 Å². The van der Waals surface area contributed by atoms with Gasteiger partial charge in [0.25, 0.3) is 0 Å². The zero-order valence-electron chi connectivity index (χ0n) is 17.5. The summed E-state index contributed by atoms with van der Waals surface area (Å²) < 4.78 is 7.82. The van der Waals surface area contributed by atoms with Crippen LogP contribution in [0.15, 0.2) is 77.8 Å². The van der Waals surface area contributed by atoms with Crippen LogP contribution in [0.2, 0.25) is 0 Å². The Labute approximate surface area is 177 Å². The summed E-state index contributed by atoms with van der Waals surface area (Å²) in [5.74, 6) is 7.27. The maximum absolute atomic E-state index is 6.41. The minimum absolute atomic E-state index is 0.0775. The van der Waals surface area contributed by atoms with Crippen molar-refractivity contribution < 1.29 is 4.74 Å². The molecule has 2 aliphatic rings. The number of hydrazine groups is 1. The highest BCUT2D eigenvalue weighted by atomic mass is 16.5. The van der Waals surface area contributed by atoms with E-state index in [2.05, 4.69) is 38.7 Å². The monoisotopic (exact) mass is 410 g/mol. The van der Waals surface area contributed by atoms with Gasteiger partial charge in [-0.25, -0.2) is 4.99 Å². The highest BCUT2D eigenvalue weighted by molar-refractivity contribution is 5.95. The fraction of sp³-hybridized carbons (Fsp3) is 0.381. The van der Waals surface area contributed by atoms with Crippen LogP contribution >= 0.6 is 0 Å². The van der Waals surface area contributed by atoms with Gasteiger partial charge < -0.3 is 19.9 Å². The van der Waals surface area contributed by atoms with Gasteiger partial charge in [0.15, 0.2) is 0 Å². The van der Waals surface area contributed by atoms with Crippen molar-refractivity contribution in [3.8, 4) is 0 Å². The molecule has 1 fully saturated rings. The average Bonchev–Trinajstić information content (AvgIpc) is 3.20. The molecule has 1 aliphatic heterocycles. The molecule has 0 aromatic carbocycles. The fourth-order valence-corrected chi connectivity index (χ4v) is 3.41. The van der Waals surface area contributed by atoms with E-state index in [9.17, 15) is 0 Å². The normalized spacial score (nSPS) is 20.5. The van der Waals surface area contributed by atoms with E-state index >= 15 is 0 Å². The Morgan fingerprint density at radius 2 is 2.07 bits per heavy atom. The third-order valence-electron chi connectivity index (χ3n) is 5.05. The van der Waals surface area contributed by atoms with Crippen LogP contribution in [0.4, 0.5) is 0 Å².